The zero-order valence-electron chi connectivity index (χ0n) is 10.0. The molecule has 0 radical (unpaired) electrons. The molecule has 0 aliphatic carbocycles. The first-order valence-electron chi connectivity index (χ1n) is 6.14. The Morgan fingerprint density at radius 1 is 1.33 bits per heavy atom. The van der Waals surface area contributed by atoms with Gasteiger partial charge in [0.25, 0.3) is 5.91 Å². The number of carbonyl (C=O) groups excluding carboxylic acids is 1. The molecule has 2 N–H and O–H groups in total. The van der Waals surface area contributed by atoms with Crippen molar-refractivity contribution in [3.63, 3.8) is 0 Å². The number of fused-ring (bicyclic) bond motifs is 1. The summed E-state index contributed by atoms with van der Waals surface area (Å²) < 4.78 is 0. The van der Waals surface area contributed by atoms with Crippen LogP contribution >= 0.6 is 0 Å². The van der Waals surface area contributed by atoms with Crippen LogP contribution < -0.4 is 5.73 Å². The molecule has 1 amide bonds. The fourth-order valence-corrected chi connectivity index (χ4v) is 2.42. The van der Waals surface area contributed by atoms with Crippen LogP contribution in [0.1, 0.15) is 16.8 Å². The molecule has 4 heteroatoms. The molecule has 0 bridgehead atoms. The minimum absolute atomic E-state index is 0.0570. The van der Waals surface area contributed by atoms with E-state index < -0.39 is 0 Å². The van der Waals surface area contributed by atoms with Gasteiger partial charge in [0.1, 0.15) is 0 Å². The number of nitrogens with two attached hydrogens (primary N) is 1. The van der Waals surface area contributed by atoms with Crippen LogP contribution in [0.15, 0.2) is 36.5 Å². The molecule has 18 heavy (non-hydrogen) atoms. The van der Waals surface area contributed by atoms with Crippen molar-refractivity contribution >= 4 is 16.8 Å². The van der Waals surface area contributed by atoms with E-state index in [0.29, 0.717) is 6.54 Å². The van der Waals surface area contributed by atoms with Crippen molar-refractivity contribution in [3.8, 4) is 0 Å². The zero-order valence-corrected chi connectivity index (χ0v) is 10.0. The van der Waals surface area contributed by atoms with Crippen LogP contribution in [0.5, 0.6) is 0 Å². The molecule has 2 aromatic rings. The van der Waals surface area contributed by atoms with E-state index in [1.807, 2.05) is 29.2 Å². The van der Waals surface area contributed by atoms with Gasteiger partial charge in [0, 0.05) is 30.7 Å². The van der Waals surface area contributed by atoms with E-state index in [1.54, 1.807) is 12.3 Å². The third kappa shape index (κ3) is 1.84. The molecule has 0 saturated carbocycles. The number of para-hydroxylation sites is 1. The molecule has 1 unspecified atom stereocenters. The van der Waals surface area contributed by atoms with Gasteiger partial charge >= 0.3 is 0 Å². The smallest absolute Gasteiger partial charge is 0.254 e. The second kappa shape index (κ2) is 4.38. The summed E-state index contributed by atoms with van der Waals surface area (Å²) in [5, 5.41) is 0.908. The number of hydrogen-bond acceptors (Lipinski definition) is 3. The summed E-state index contributed by atoms with van der Waals surface area (Å²) in [6.07, 6.45) is 2.57. The number of hydrogen-bond donors (Lipinski definition) is 1. The molecule has 1 aliphatic heterocycles. The second-order valence-electron chi connectivity index (χ2n) is 4.68. The van der Waals surface area contributed by atoms with E-state index in [4.69, 9.17) is 5.73 Å². The minimum atomic E-state index is 0.0570. The van der Waals surface area contributed by atoms with E-state index in [0.717, 1.165) is 29.4 Å². The van der Waals surface area contributed by atoms with E-state index in [2.05, 4.69) is 4.98 Å². The van der Waals surface area contributed by atoms with Gasteiger partial charge in [-0.25, -0.2) is 0 Å². The van der Waals surface area contributed by atoms with Crippen LogP contribution in [0.3, 0.4) is 0 Å². The van der Waals surface area contributed by atoms with Crippen molar-refractivity contribution in [1.82, 2.24) is 9.88 Å². The maximum absolute atomic E-state index is 12.4. The molecule has 1 aliphatic rings. The number of nitrogens with zero attached hydrogens (tertiary/aromatic N) is 2. The topological polar surface area (TPSA) is 59.2 Å². The molecule has 1 saturated heterocycles. The highest BCUT2D eigenvalue weighted by Crippen LogP contribution is 2.19. The Balaban J connectivity index is 2.01. The Labute approximate surface area is 105 Å². The first-order chi connectivity index (χ1) is 8.75. The minimum Gasteiger partial charge on any atom is -0.337 e. The fourth-order valence-electron chi connectivity index (χ4n) is 2.42. The van der Waals surface area contributed by atoms with E-state index in [9.17, 15) is 4.79 Å². The molecule has 0 spiro atoms. The Morgan fingerprint density at radius 2 is 2.17 bits per heavy atom. The molecular weight excluding hydrogens is 226 g/mol. The molecule has 2 heterocycles. The number of pyridine rings is 1. The molecule has 1 atom stereocenters. The third-order valence-electron chi connectivity index (χ3n) is 3.39. The van der Waals surface area contributed by atoms with Crippen LogP contribution in [0.2, 0.25) is 0 Å². The van der Waals surface area contributed by atoms with Gasteiger partial charge in [-0.1, -0.05) is 18.2 Å². The normalized spacial score (nSPS) is 19.4. The number of benzene rings is 1. The van der Waals surface area contributed by atoms with Crippen LogP contribution in [-0.2, 0) is 0 Å². The van der Waals surface area contributed by atoms with Crippen LogP contribution in [0.25, 0.3) is 10.9 Å². The van der Waals surface area contributed by atoms with Gasteiger partial charge < -0.3 is 10.6 Å². The van der Waals surface area contributed by atoms with Gasteiger partial charge in [-0.15, -0.1) is 0 Å². The highest BCUT2D eigenvalue weighted by Gasteiger charge is 2.25. The van der Waals surface area contributed by atoms with Gasteiger partial charge in [0.05, 0.1) is 11.1 Å². The SMILES string of the molecule is NC1CCN(C(=O)c2ccnc3ccccc23)C1. The number of likely N-dealkylation sites (tertiary alicyclic amines) is 1. The Bertz CT molecular complexity index is 591. The van der Waals surface area contributed by atoms with Gasteiger partial charge in [-0.3, -0.25) is 9.78 Å². The Kier molecular flexibility index (Phi) is 2.72. The van der Waals surface area contributed by atoms with Crippen LogP contribution in [-0.4, -0.2) is 34.9 Å². The maximum atomic E-state index is 12.4. The first kappa shape index (κ1) is 11.2. The van der Waals surface area contributed by atoms with E-state index in [1.165, 1.54) is 0 Å². The largest absolute Gasteiger partial charge is 0.337 e. The molecule has 1 aromatic carbocycles. The summed E-state index contributed by atoms with van der Waals surface area (Å²) in [7, 11) is 0. The fraction of sp³-hybridized carbons (Fsp3) is 0.286. The summed E-state index contributed by atoms with van der Waals surface area (Å²) in [4.78, 5) is 18.5. The maximum Gasteiger partial charge on any atom is 0.254 e. The van der Waals surface area contributed by atoms with Crippen molar-refractivity contribution in [2.24, 2.45) is 5.73 Å². The molecule has 4 nitrogen and oxygen atoms in total. The number of rotatable bonds is 1. The average Bonchev–Trinajstić information content (AvgIpc) is 2.84. The number of amides is 1. The highest BCUT2D eigenvalue weighted by atomic mass is 16.2. The van der Waals surface area contributed by atoms with Gasteiger partial charge in [-0.2, -0.15) is 0 Å². The summed E-state index contributed by atoms with van der Waals surface area (Å²) in [6, 6.07) is 9.61. The predicted octanol–water partition coefficient (Wildman–Crippen LogP) is 1.41. The molecule has 92 valence electrons. The molecule has 1 aromatic heterocycles. The lowest BCUT2D eigenvalue weighted by Crippen LogP contribution is -2.32. The van der Waals surface area contributed by atoms with Gasteiger partial charge in [0.2, 0.25) is 0 Å². The lowest BCUT2D eigenvalue weighted by atomic mass is 10.1. The Morgan fingerprint density at radius 3 is 2.94 bits per heavy atom. The van der Waals surface area contributed by atoms with Crippen molar-refractivity contribution in [2.75, 3.05) is 13.1 Å². The number of carbonyl (C=O) groups is 1. The summed E-state index contributed by atoms with van der Waals surface area (Å²) in [5.41, 5.74) is 7.42. The predicted molar refractivity (Wildman–Crippen MR) is 70.2 cm³/mol. The summed E-state index contributed by atoms with van der Waals surface area (Å²) in [6.45, 7) is 1.39. The quantitative estimate of drug-likeness (QED) is 0.821. The zero-order chi connectivity index (χ0) is 12.5. The first-order valence-corrected chi connectivity index (χ1v) is 6.14. The van der Waals surface area contributed by atoms with Crippen molar-refractivity contribution in [2.45, 2.75) is 12.5 Å². The summed E-state index contributed by atoms with van der Waals surface area (Å²) >= 11 is 0. The third-order valence-corrected chi connectivity index (χ3v) is 3.39. The lowest BCUT2D eigenvalue weighted by Gasteiger charge is -2.16. The van der Waals surface area contributed by atoms with E-state index >= 15 is 0 Å². The summed E-state index contributed by atoms with van der Waals surface area (Å²) in [5.74, 6) is 0.0570. The van der Waals surface area contributed by atoms with Gasteiger partial charge in [-0.05, 0) is 18.6 Å². The average molecular weight is 241 g/mol. The van der Waals surface area contributed by atoms with Gasteiger partial charge in [0.15, 0.2) is 0 Å². The van der Waals surface area contributed by atoms with Crippen LogP contribution in [0, 0.1) is 0 Å². The molecule has 1 fully saturated rings. The molecule has 3 rings (SSSR count). The highest BCUT2D eigenvalue weighted by molar-refractivity contribution is 6.06. The van der Waals surface area contributed by atoms with Crippen molar-refractivity contribution in [3.05, 3.63) is 42.1 Å². The van der Waals surface area contributed by atoms with Crippen molar-refractivity contribution < 1.29 is 4.79 Å². The monoisotopic (exact) mass is 241 g/mol. The molecular formula is C14H15N3O. The van der Waals surface area contributed by atoms with E-state index in [-0.39, 0.29) is 11.9 Å². The lowest BCUT2D eigenvalue weighted by molar-refractivity contribution is 0.0793. The van der Waals surface area contributed by atoms with Crippen molar-refractivity contribution in [1.29, 1.82) is 0 Å². The number of aromatic nitrogens is 1. The van der Waals surface area contributed by atoms with Crippen LogP contribution in [0.4, 0.5) is 0 Å². The second-order valence-corrected chi connectivity index (χ2v) is 4.68. The Hall–Kier alpha value is -1.94. The standard InChI is InChI=1S/C14H15N3O/c15-10-6-8-17(9-10)14(18)12-5-7-16-13-4-2-1-3-11(12)13/h1-5,7,10H,6,8-9,15H2.